The average Bonchev–Trinajstić information content (AvgIpc) is 2.87. The number of hydrogen-bond acceptors (Lipinski definition) is 4. The topological polar surface area (TPSA) is 62.8 Å². The van der Waals surface area contributed by atoms with Gasteiger partial charge in [-0.1, -0.05) is 44.2 Å². The zero-order valence-corrected chi connectivity index (χ0v) is 20.8. The molecule has 2 N–H and O–H groups in total. The van der Waals surface area contributed by atoms with E-state index in [-0.39, 0.29) is 12.1 Å². The number of urea groups is 1. The van der Waals surface area contributed by atoms with Crippen molar-refractivity contribution in [3.63, 3.8) is 0 Å². The maximum Gasteiger partial charge on any atom is 0.317 e. The summed E-state index contributed by atoms with van der Waals surface area (Å²) in [6.45, 7) is 3.97. The fraction of sp³-hybridized carbons (Fsp3) is 0.741. The van der Waals surface area contributed by atoms with Crippen molar-refractivity contribution < 1.29 is 14.3 Å². The fourth-order valence-electron chi connectivity index (χ4n) is 5.46. The minimum absolute atomic E-state index is 0.121. The second-order valence-electron chi connectivity index (χ2n) is 9.77. The van der Waals surface area contributed by atoms with Gasteiger partial charge in [0, 0.05) is 45.8 Å². The molecule has 3 rings (SSSR count). The molecule has 1 saturated carbocycles. The monoisotopic (exact) mass is 459 g/mol. The van der Waals surface area contributed by atoms with E-state index in [0.29, 0.717) is 18.4 Å². The van der Waals surface area contributed by atoms with Crippen LogP contribution in [0.25, 0.3) is 0 Å². The highest BCUT2D eigenvalue weighted by Crippen LogP contribution is 2.34. The Bertz CT molecular complexity index is 670. The molecule has 1 aliphatic carbocycles. The molecular weight excluding hydrogens is 414 g/mol. The number of carbonyl (C=O) groups is 1. The van der Waals surface area contributed by atoms with Gasteiger partial charge in [0.05, 0.1) is 6.61 Å². The molecule has 1 aliphatic heterocycles. The molecule has 2 fully saturated rings. The molecule has 1 heterocycles. The summed E-state index contributed by atoms with van der Waals surface area (Å²) in [5, 5.41) is 6.81. The van der Waals surface area contributed by atoms with Gasteiger partial charge in [-0.05, 0) is 62.3 Å². The van der Waals surface area contributed by atoms with Crippen LogP contribution >= 0.6 is 0 Å². The van der Waals surface area contributed by atoms with Crippen LogP contribution in [0.15, 0.2) is 24.3 Å². The molecule has 2 aliphatic rings. The number of piperidine rings is 1. The quantitative estimate of drug-likeness (QED) is 0.448. The summed E-state index contributed by atoms with van der Waals surface area (Å²) >= 11 is 0. The summed E-state index contributed by atoms with van der Waals surface area (Å²) < 4.78 is 10.9. The maximum atomic E-state index is 13.1. The van der Waals surface area contributed by atoms with E-state index in [9.17, 15) is 4.79 Å². The van der Waals surface area contributed by atoms with Crippen LogP contribution in [0, 0.1) is 11.8 Å². The SMILES string of the molecule is CNCC(NC(=O)N1CCCCC1)C(Cc1ccc(OCCCOC)cc1)C1CCCCC1. The van der Waals surface area contributed by atoms with E-state index in [1.54, 1.807) is 7.11 Å². The Balaban J connectivity index is 1.67. The van der Waals surface area contributed by atoms with Crippen molar-refractivity contribution in [2.75, 3.05) is 47.0 Å². The lowest BCUT2D eigenvalue weighted by Crippen LogP contribution is -2.54. The second-order valence-corrected chi connectivity index (χ2v) is 9.77. The van der Waals surface area contributed by atoms with Crippen molar-refractivity contribution in [3.05, 3.63) is 29.8 Å². The lowest BCUT2D eigenvalue weighted by Gasteiger charge is -2.38. The fourth-order valence-corrected chi connectivity index (χ4v) is 5.46. The number of rotatable bonds is 12. The molecule has 1 saturated heterocycles. The number of carbonyl (C=O) groups excluding carboxylic acids is 1. The first kappa shape index (κ1) is 25.8. The first-order valence-corrected chi connectivity index (χ1v) is 13.1. The number of nitrogens with one attached hydrogen (secondary N) is 2. The van der Waals surface area contributed by atoms with Gasteiger partial charge in [-0.15, -0.1) is 0 Å². The number of hydrogen-bond donors (Lipinski definition) is 2. The van der Waals surface area contributed by atoms with Crippen molar-refractivity contribution in [2.24, 2.45) is 11.8 Å². The van der Waals surface area contributed by atoms with Crippen LogP contribution in [0.4, 0.5) is 4.79 Å². The molecule has 1 aromatic carbocycles. The Kier molecular flexibility index (Phi) is 11.3. The number of likely N-dealkylation sites (N-methyl/N-ethyl adjacent to an activating group) is 1. The van der Waals surface area contributed by atoms with E-state index in [4.69, 9.17) is 9.47 Å². The van der Waals surface area contributed by atoms with Gasteiger partial charge in [-0.25, -0.2) is 4.79 Å². The molecule has 2 unspecified atom stereocenters. The van der Waals surface area contributed by atoms with Crippen LogP contribution in [-0.2, 0) is 11.2 Å². The highest BCUT2D eigenvalue weighted by Gasteiger charge is 2.32. The van der Waals surface area contributed by atoms with Crippen LogP contribution in [0.5, 0.6) is 5.75 Å². The molecule has 2 amide bonds. The van der Waals surface area contributed by atoms with Gasteiger partial charge in [0.15, 0.2) is 0 Å². The van der Waals surface area contributed by atoms with Crippen LogP contribution in [-0.4, -0.2) is 64.0 Å². The first-order chi connectivity index (χ1) is 16.2. The van der Waals surface area contributed by atoms with Crippen LogP contribution in [0.1, 0.15) is 63.4 Å². The third-order valence-corrected chi connectivity index (χ3v) is 7.30. The van der Waals surface area contributed by atoms with E-state index in [1.165, 1.54) is 44.1 Å². The average molecular weight is 460 g/mol. The first-order valence-electron chi connectivity index (χ1n) is 13.1. The summed E-state index contributed by atoms with van der Waals surface area (Å²) in [5.41, 5.74) is 1.32. The Morgan fingerprint density at radius 2 is 1.73 bits per heavy atom. The molecule has 1 aromatic rings. The van der Waals surface area contributed by atoms with Crippen LogP contribution in [0.3, 0.4) is 0 Å². The summed E-state index contributed by atoms with van der Waals surface area (Å²) in [7, 11) is 3.71. The van der Waals surface area contributed by atoms with Crippen LogP contribution in [0.2, 0.25) is 0 Å². The lowest BCUT2D eigenvalue weighted by atomic mass is 9.74. The minimum Gasteiger partial charge on any atom is -0.494 e. The molecular formula is C27H45N3O3. The van der Waals surface area contributed by atoms with E-state index in [1.807, 2.05) is 11.9 Å². The van der Waals surface area contributed by atoms with Gasteiger partial charge in [0.1, 0.15) is 5.75 Å². The second kappa shape index (κ2) is 14.5. The molecule has 6 nitrogen and oxygen atoms in total. The number of benzene rings is 1. The van der Waals surface area contributed by atoms with E-state index < -0.39 is 0 Å². The van der Waals surface area contributed by atoms with Gasteiger partial charge in [0.2, 0.25) is 0 Å². The zero-order valence-electron chi connectivity index (χ0n) is 20.8. The molecule has 0 aromatic heterocycles. The Hall–Kier alpha value is -1.79. The molecule has 0 bridgehead atoms. The van der Waals surface area contributed by atoms with Gasteiger partial charge in [-0.2, -0.15) is 0 Å². The van der Waals surface area contributed by atoms with Gasteiger partial charge < -0.3 is 25.0 Å². The van der Waals surface area contributed by atoms with Crippen LogP contribution < -0.4 is 15.4 Å². The maximum absolute atomic E-state index is 13.1. The number of likely N-dealkylation sites (tertiary alicyclic amines) is 1. The van der Waals surface area contributed by atoms with Crippen molar-refractivity contribution in [3.8, 4) is 5.75 Å². The number of methoxy groups -OCH3 is 1. The summed E-state index contributed by atoms with van der Waals surface area (Å²) in [6.07, 6.45) is 11.9. The Morgan fingerprint density at radius 1 is 1.03 bits per heavy atom. The predicted molar refractivity (Wildman–Crippen MR) is 134 cm³/mol. The van der Waals surface area contributed by atoms with Crippen molar-refractivity contribution in [2.45, 2.75) is 70.3 Å². The molecule has 186 valence electrons. The van der Waals surface area contributed by atoms with E-state index in [0.717, 1.165) is 57.7 Å². The molecule has 33 heavy (non-hydrogen) atoms. The Morgan fingerprint density at radius 3 is 2.39 bits per heavy atom. The zero-order chi connectivity index (χ0) is 23.3. The smallest absolute Gasteiger partial charge is 0.317 e. The standard InChI is InChI=1S/C27H45N3O3/c1-28-21-26(29-27(31)30-16-7-4-8-17-30)25(23-10-5-3-6-11-23)20-22-12-14-24(15-13-22)33-19-9-18-32-2/h12-15,23,25-26,28H,3-11,16-21H2,1-2H3,(H,29,31). The van der Waals surface area contributed by atoms with Crippen molar-refractivity contribution in [1.29, 1.82) is 0 Å². The van der Waals surface area contributed by atoms with E-state index in [2.05, 4.69) is 34.9 Å². The summed E-state index contributed by atoms with van der Waals surface area (Å²) in [6, 6.07) is 8.82. The lowest BCUT2D eigenvalue weighted by molar-refractivity contribution is 0.159. The predicted octanol–water partition coefficient (Wildman–Crippen LogP) is 4.62. The third kappa shape index (κ3) is 8.49. The van der Waals surface area contributed by atoms with Crippen molar-refractivity contribution >= 4 is 6.03 Å². The molecule has 0 spiro atoms. The number of ether oxygens (including phenoxy) is 2. The largest absolute Gasteiger partial charge is 0.494 e. The molecule has 0 radical (unpaired) electrons. The molecule has 6 heteroatoms. The van der Waals surface area contributed by atoms with Gasteiger partial charge in [0.25, 0.3) is 0 Å². The Labute approximate surface area is 200 Å². The summed E-state index contributed by atoms with van der Waals surface area (Å²) in [4.78, 5) is 15.1. The molecule has 2 atom stereocenters. The highest BCUT2D eigenvalue weighted by molar-refractivity contribution is 5.74. The number of amides is 2. The summed E-state index contributed by atoms with van der Waals surface area (Å²) in [5.74, 6) is 2.00. The van der Waals surface area contributed by atoms with Gasteiger partial charge in [-0.3, -0.25) is 0 Å². The van der Waals surface area contributed by atoms with Crippen molar-refractivity contribution in [1.82, 2.24) is 15.5 Å². The third-order valence-electron chi connectivity index (χ3n) is 7.30. The minimum atomic E-state index is 0.121. The highest BCUT2D eigenvalue weighted by atomic mass is 16.5. The van der Waals surface area contributed by atoms with E-state index >= 15 is 0 Å². The number of nitrogens with zero attached hydrogens (tertiary/aromatic N) is 1. The van der Waals surface area contributed by atoms with Gasteiger partial charge >= 0.3 is 6.03 Å². The normalized spacial score (nSPS) is 19.2.